The van der Waals surface area contributed by atoms with Crippen molar-refractivity contribution in [1.82, 2.24) is 10.6 Å². The Morgan fingerprint density at radius 3 is 2.00 bits per heavy atom. The van der Waals surface area contributed by atoms with E-state index >= 15 is 0 Å². The summed E-state index contributed by atoms with van der Waals surface area (Å²) in [5, 5.41) is 6.50. The van der Waals surface area contributed by atoms with Crippen LogP contribution in [-0.4, -0.2) is 32.4 Å². The zero-order valence-corrected chi connectivity index (χ0v) is 16.0. The Kier molecular flexibility index (Phi) is 17.3. The van der Waals surface area contributed by atoms with Crippen molar-refractivity contribution in [2.24, 2.45) is 0 Å². The summed E-state index contributed by atoms with van der Waals surface area (Å²) < 4.78 is 0. The van der Waals surface area contributed by atoms with Gasteiger partial charge in [-0.3, -0.25) is 0 Å². The summed E-state index contributed by atoms with van der Waals surface area (Å²) in [5.74, 6) is 0. The van der Waals surface area contributed by atoms with Crippen molar-refractivity contribution >= 4 is 11.8 Å². The molecule has 1 rings (SSSR count). The van der Waals surface area contributed by atoms with Gasteiger partial charge in [0, 0.05) is 23.2 Å². The van der Waals surface area contributed by atoms with Crippen LogP contribution >= 0.6 is 11.8 Å². The van der Waals surface area contributed by atoms with E-state index in [0.717, 1.165) is 13.1 Å². The average Bonchev–Trinajstić information content (AvgIpc) is 2.49. The van der Waals surface area contributed by atoms with E-state index in [1.165, 1.54) is 16.0 Å². The maximum atomic E-state index is 3.78. The van der Waals surface area contributed by atoms with Gasteiger partial charge in [0.1, 0.15) is 0 Å². The highest BCUT2D eigenvalue weighted by Crippen LogP contribution is 2.27. The SMILES string of the molecule is C=CC.C=CC(C)Sc1ccc(C)cc1C.CNCCNC. The number of aryl methyl sites for hydroxylation is 2. The number of benzene rings is 1. The number of likely N-dealkylation sites (N-methyl/N-ethyl adjacent to an activating group) is 2. The first-order valence-electron chi connectivity index (χ1n) is 7.69. The molecule has 0 spiro atoms. The molecule has 0 amide bonds. The van der Waals surface area contributed by atoms with E-state index in [2.05, 4.69) is 62.8 Å². The molecule has 0 heterocycles. The van der Waals surface area contributed by atoms with E-state index in [0.29, 0.717) is 5.25 Å². The van der Waals surface area contributed by atoms with Crippen LogP contribution in [-0.2, 0) is 0 Å². The molecule has 1 atom stereocenters. The van der Waals surface area contributed by atoms with Gasteiger partial charge in [-0.2, -0.15) is 0 Å². The van der Waals surface area contributed by atoms with Crippen molar-refractivity contribution in [2.45, 2.75) is 37.8 Å². The molecule has 0 saturated carbocycles. The number of hydrogen-bond donors (Lipinski definition) is 2. The summed E-state index contributed by atoms with van der Waals surface area (Å²) in [6.07, 6.45) is 3.73. The summed E-state index contributed by atoms with van der Waals surface area (Å²) >= 11 is 1.86. The summed E-state index contributed by atoms with van der Waals surface area (Å²) in [5.41, 5.74) is 2.69. The molecule has 0 aromatic heterocycles. The maximum absolute atomic E-state index is 3.78. The third kappa shape index (κ3) is 13.9. The van der Waals surface area contributed by atoms with E-state index in [-0.39, 0.29) is 0 Å². The molecule has 0 aliphatic rings. The number of allylic oxidation sites excluding steroid dienone is 1. The lowest BCUT2D eigenvalue weighted by molar-refractivity contribution is 0.718. The Labute approximate surface area is 142 Å². The summed E-state index contributed by atoms with van der Waals surface area (Å²) in [4.78, 5) is 1.36. The minimum absolute atomic E-state index is 0.487. The van der Waals surface area contributed by atoms with E-state index in [1.807, 2.05) is 38.9 Å². The molecular formula is C19H34N2S. The van der Waals surface area contributed by atoms with E-state index in [9.17, 15) is 0 Å². The van der Waals surface area contributed by atoms with Crippen LogP contribution in [0.25, 0.3) is 0 Å². The van der Waals surface area contributed by atoms with E-state index in [1.54, 1.807) is 6.08 Å². The van der Waals surface area contributed by atoms with Gasteiger partial charge in [-0.15, -0.1) is 24.9 Å². The fourth-order valence-electron chi connectivity index (χ4n) is 1.43. The maximum Gasteiger partial charge on any atom is 0.0243 e. The van der Waals surface area contributed by atoms with Gasteiger partial charge in [0.15, 0.2) is 0 Å². The molecule has 0 saturated heterocycles. The van der Waals surface area contributed by atoms with Gasteiger partial charge in [0.2, 0.25) is 0 Å². The quantitative estimate of drug-likeness (QED) is 0.455. The number of nitrogens with one attached hydrogen (secondary N) is 2. The molecule has 0 bridgehead atoms. The molecule has 22 heavy (non-hydrogen) atoms. The highest BCUT2D eigenvalue weighted by atomic mass is 32.2. The van der Waals surface area contributed by atoms with Crippen LogP contribution in [0.3, 0.4) is 0 Å². The molecule has 2 nitrogen and oxygen atoms in total. The lowest BCUT2D eigenvalue weighted by Gasteiger charge is -2.09. The molecule has 1 unspecified atom stereocenters. The summed E-state index contributed by atoms with van der Waals surface area (Å²) in [7, 11) is 3.88. The first kappa shape index (κ1) is 23.2. The first-order chi connectivity index (χ1) is 10.5. The van der Waals surface area contributed by atoms with Gasteiger partial charge in [0.25, 0.3) is 0 Å². The van der Waals surface area contributed by atoms with Crippen molar-refractivity contribution in [3.05, 3.63) is 54.6 Å². The summed E-state index contributed by atoms with van der Waals surface area (Å²) in [6, 6.07) is 6.57. The predicted octanol–water partition coefficient (Wildman–Crippen LogP) is 4.59. The predicted molar refractivity (Wildman–Crippen MR) is 105 cm³/mol. The molecule has 0 fully saturated rings. The lowest BCUT2D eigenvalue weighted by atomic mass is 10.2. The largest absolute Gasteiger partial charge is 0.318 e. The second-order valence-corrected chi connectivity index (χ2v) is 6.36. The lowest BCUT2D eigenvalue weighted by Crippen LogP contribution is -2.21. The number of thioether (sulfide) groups is 1. The zero-order chi connectivity index (χ0) is 17.4. The van der Waals surface area contributed by atoms with E-state index in [4.69, 9.17) is 0 Å². The van der Waals surface area contributed by atoms with Crippen LogP contribution in [0.5, 0.6) is 0 Å². The van der Waals surface area contributed by atoms with Crippen molar-refractivity contribution in [3.8, 4) is 0 Å². The van der Waals surface area contributed by atoms with Gasteiger partial charge in [-0.1, -0.05) is 29.8 Å². The topological polar surface area (TPSA) is 24.1 Å². The Morgan fingerprint density at radius 1 is 1.14 bits per heavy atom. The molecular weight excluding hydrogens is 288 g/mol. The van der Waals surface area contributed by atoms with Crippen LogP contribution in [0, 0.1) is 13.8 Å². The summed E-state index contributed by atoms with van der Waals surface area (Å²) in [6.45, 7) is 17.6. The van der Waals surface area contributed by atoms with E-state index < -0.39 is 0 Å². The minimum Gasteiger partial charge on any atom is -0.318 e. The minimum atomic E-state index is 0.487. The second kappa shape index (κ2) is 16.3. The molecule has 0 aliphatic carbocycles. The molecule has 126 valence electrons. The highest BCUT2D eigenvalue weighted by Gasteiger charge is 2.02. The molecule has 2 N–H and O–H groups in total. The second-order valence-electron chi connectivity index (χ2n) is 4.94. The van der Waals surface area contributed by atoms with Gasteiger partial charge in [-0.25, -0.2) is 0 Å². The molecule has 0 radical (unpaired) electrons. The molecule has 0 aliphatic heterocycles. The van der Waals surface area contributed by atoms with Crippen LogP contribution in [0.4, 0.5) is 0 Å². The van der Waals surface area contributed by atoms with Crippen molar-refractivity contribution in [3.63, 3.8) is 0 Å². The fourth-order valence-corrected chi connectivity index (χ4v) is 2.32. The first-order valence-corrected chi connectivity index (χ1v) is 8.57. The highest BCUT2D eigenvalue weighted by molar-refractivity contribution is 8.00. The Balaban J connectivity index is 0. The van der Waals surface area contributed by atoms with Crippen molar-refractivity contribution < 1.29 is 0 Å². The molecule has 3 heteroatoms. The Bertz CT molecular complexity index is 398. The van der Waals surface area contributed by atoms with Gasteiger partial charge in [0.05, 0.1) is 0 Å². The Hall–Kier alpha value is -1.03. The van der Waals surface area contributed by atoms with Gasteiger partial charge >= 0.3 is 0 Å². The molecule has 1 aromatic carbocycles. The van der Waals surface area contributed by atoms with Crippen LogP contribution < -0.4 is 10.6 Å². The van der Waals surface area contributed by atoms with Crippen LogP contribution in [0.15, 0.2) is 48.4 Å². The molecule has 1 aromatic rings. The zero-order valence-electron chi connectivity index (χ0n) is 15.2. The standard InChI is InChI=1S/C12H16S.C4H12N2.C3H6/c1-5-11(4)13-12-7-6-9(2)8-10(12)3;1-5-3-4-6-2;1-3-2/h5-8,11H,1H2,2-4H3;5-6H,3-4H2,1-2H3;3H,1H2,2H3. The van der Waals surface area contributed by atoms with Gasteiger partial charge < -0.3 is 10.6 Å². The van der Waals surface area contributed by atoms with Gasteiger partial charge in [-0.05, 0) is 53.4 Å². The smallest absolute Gasteiger partial charge is 0.0243 e. The third-order valence-corrected chi connectivity index (χ3v) is 3.88. The van der Waals surface area contributed by atoms with Crippen molar-refractivity contribution in [1.29, 1.82) is 0 Å². The third-order valence-electron chi connectivity index (χ3n) is 2.60. The Morgan fingerprint density at radius 2 is 1.64 bits per heavy atom. The van der Waals surface area contributed by atoms with Crippen LogP contribution in [0.1, 0.15) is 25.0 Å². The van der Waals surface area contributed by atoms with Crippen molar-refractivity contribution in [2.75, 3.05) is 27.2 Å². The number of hydrogen-bond acceptors (Lipinski definition) is 3. The fraction of sp³-hybridized carbons (Fsp3) is 0.474. The average molecular weight is 323 g/mol. The van der Waals surface area contributed by atoms with Crippen LogP contribution in [0.2, 0.25) is 0 Å². The number of rotatable bonds is 6. The monoisotopic (exact) mass is 322 g/mol. The normalized spacial score (nSPS) is 10.5.